The Hall–Kier alpha value is -2.95. The Morgan fingerprint density at radius 2 is 1.90 bits per heavy atom. The van der Waals surface area contributed by atoms with Crippen molar-refractivity contribution in [1.29, 1.82) is 0 Å². The van der Waals surface area contributed by atoms with Gasteiger partial charge in [0, 0.05) is 25.9 Å². The second-order valence-electron chi connectivity index (χ2n) is 6.46. The molecule has 31 heavy (non-hydrogen) atoms. The molecule has 0 fully saturated rings. The van der Waals surface area contributed by atoms with E-state index in [4.69, 9.17) is 9.47 Å². The molecular formula is C21H23N3O5S2. The van der Waals surface area contributed by atoms with Crippen LogP contribution in [-0.4, -0.2) is 43.8 Å². The molecule has 1 N–H and O–H groups in total. The zero-order chi connectivity index (χ0) is 22.3. The number of nitrogens with one attached hydrogen (secondary N) is 1. The van der Waals surface area contributed by atoms with Gasteiger partial charge in [0.2, 0.25) is 11.8 Å². The minimum Gasteiger partial charge on any atom is -0.490 e. The molecule has 8 nitrogen and oxygen atoms in total. The minimum atomic E-state index is -3.66. The lowest BCUT2D eigenvalue weighted by atomic mass is 10.3. The molecule has 164 valence electrons. The Bertz CT molecular complexity index is 1100. The summed E-state index contributed by atoms with van der Waals surface area (Å²) in [4.78, 5) is 16.4. The molecule has 0 atom stereocenters. The number of hydrogen-bond acceptors (Lipinski definition) is 7. The molecule has 2 aromatic heterocycles. The van der Waals surface area contributed by atoms with E-state index in [-0.39, 0.29) is 17.3 Å². The van der Waals surface area contributed by atoms with Crippen molar-refractivity contribution in [2.45, 2.75) is 17.7 Å². The number of benzene rings is 1. The van der Waals surface area contributed by atoms with Crippen molar-refractivity contribution in [3.05, 3.63) is 65.7 Å². The molecule has 0 unspecified atom stereocenters. The van der Waals surface area contributed by atoms with Crippen molar-refractivity contribution in [2.24, 2.45) is 0 Å². The number of carbonyl (C=O) groups excluding carboxylic acids is 1. The molecule has 0 spiro atoms. The van der Waals surface area contributed by atoms with Gasteiger partial charge in [-0.3, -0.25) is 4.79 Å². The molecule has 0 aliphatic rings. The van der Waals surface area contributed by atoms with Crippen molar-refractivity contribution in [1.82, 2.24) is 14.6 Å². The first-order valence-corrected chi connectivity index (χ1v) is 11.8. The van der Waals surface area contributed by atoms with Crippen LogP contribution in [0.1, 0.15) is 12.5 Å². The predicted octanol–water partition coefficient (Wildman–Crippen LogP) is 3.27. The van der Waals surface area contributed by atoms with E-state index in [1.54, 1.807) is 35.8 Å². The number of carbonyl (C=O) groups is 1. The molecule has 0 bridgehead atoms. The minimum absolute atomic E-state index is 0.202. The Balaban J connectivity index is 1.53. The third kappa shape index (κ3) is 6.03. The van der Waals surface area contributed by atoms with Gasteiger partial charge < -0.3 is 14.8 Å². The molecule has 3 rings (SSSR count). The number of pyridine rings is 1. The van der Waals surface area contributed by atoms with Crippen LogP contribution in [0.2, 0.25) is 0 Å². The van der Waals surface area contributed by atoms with Crippen molar-refractivity contribution in [2.75, 3.05) is 20.2 Å². The molecule has 2 heterocycles. The van der Waals surface area contributed by atoms with Gasteiger partial charge in [-0.15, -0.1) is 11.3 Å². The molecule has 1 amide bonds. The average molecular weight is 462 g/mol. The van der Waals surface area contributed by atoms with Crippen LogP contribution in [0, 0.1) is 0 Å². The summed E-state index contributed by atoms with van der Waals surface area (Å²) in [5.74, 6) is 1.18. The number of sulfonamides is 1. The van der Waals surface area contributed by atoms with Crippen molar-refractivity contribution >= 4 is 27.3 Å². The maximum atomic E-state index is 12.4. The number of rotatable bonds is 10. The highest BCUT2D eigenvalue weighted by atomic mass is 32.2. The number of para-hydroxylation sites is 2. The zero-order valence-electron chi connectivity index (χ0n) is 17.1. The molecule has 0 aliphatic heterocycles. The highest BCUT2D eigenvalue weighted by Gasteiger charge is 2.23. The highest BCUT2D eigenvalue weighted by molar-refractivity contribution is 7.91. The Labute approximate surface area is 185 Å². The zero-order valence-corrected chi connectivity index (χ0v) is 18.8. The lowest BCUT2D eigenvalue weighted by molar-refractivity contribution is -0.121. The fourth-order valence-electron chi connectivity index (χ4n) is 2.61. The Kier molecular flexibility index (Phi) is 7.61. The molecule has 0 aliphatic carbocycles. The van der Waals surface area contributed by atoms with Crippen molar-refractivity contribution in [3.8, 4) is 17.4 Å². The van der Waals surface area contributed by atoms with E-state index in [0.29, 0.717) is 24.0 Å². The van der Waals surface area contributed by atoms with Gasteiger partial charge in [-0.2, -0.15) is 4.31 Å². The fourth-order valence-corrected chi connectivity index (χ4v) is 4.93. The monoisotopic (exact) mass is 461 g/mol. The number of ether oxygens (including phenoxy) is 2. The first kappa shape index (κ1) is 22.7. The predicted molar refractivity (Wildman–Crippen MR) is 118 cm³/mol. The van der Waals surface area contributed by atoms with E-state index in [1.165, 1.54) is 13.1 Å². The molecule has 1 aromatic carbocycles. The summed E-state index contributed by atoms with van der Waals surface area (Å²) in [6, 6.07) is 13.9. The third-order valence-electron chi connectivity index (χ3n) is 4.18. The van der Waals surface area contributed by atoms with Gasteiger partial charge >= 0.3 is 0 Å². The fraction of sp³-hybridized carbons (Fsp3) is 0.238. The Morgan fingerprint density at radius 3 is 2.55 bits per heavy atom. The third-order valence-corrected chi connectivity index (χ3v) is 7.35. The van der Waals surface area contributed by atoms with Crippen LogP contribution in [0.25, 0.3) is 0 Å². The first-order valence-electron chi connectivity index (χ1n) is 9.51. The summed E-state index contributed by atoms with van der Waals surface area (Å²) in [7, 11) is -2.29. The smallest absolute Gasteiger partial charge is 0.252 e. The largest absolute Gasteiger partial charge is 0.490 e. The number of hydrogen-bond donors (Lipinski definition) is 1. The number of thiophene rings is 1. The van der Waals surface area contributed by atoms with Crippen LogP contribution in [0.4, 0.5) is 0 Å². The van der Waals surface area contributed by atoms with Gasteiger partial charge in [0.05, 0.1) is 13.2 Å². The maximum Gasteiger partial charge on any atom is 0.252 e. The van der Waals surface area contributed by atoms with E-state index in [2.05, 4.69) is 10.3 Å². The molecule has 0 radical (unpaired) electrons. The standard InChI is InChI=1S/C21H23N3O5S2/c1-3-28-17-7-4-5-8-18(17)29-20-11-10-16(14-23-20)13-22-19(25)15-24(2)31(26,27)21-9-6-12-30-21/h4-12,14H,3,13,15H2,1-2H3,(H,22,25). The number of amides is 1. The summed E-state index contributed by atoms with van der Waals surface area (Å²) in [6.07, 6.45) is 1.59. The summed E-state index contributed by atoms with van der Waals surface area (Å²) >= 11 is 1.11. The highest BCUT2D eigenvalue weighted by Crippen LogP contribution is 2.30. The van der Waals surface area contributed by atoms with Gasteiger partial charge in [0.25, 0.3) is 10.0 Å². The summed E-state index contributed by atoms with van der Waals surface area (Å²) in [6.45, 7) is 2.36. The SMILES string of the molecule is CCOc1ccccc1Oc1ccc(CNC(=O)CN(C)S(=O)(=O)c2cccs2)cn1. The lowest BCUT2D eigenvalue weighted by Crippen LogP contribution is -2.37. The van der Waals surface area contributed by atoms with Crippen molar-refractivity contribution < 1.29 is 22.7 Å². The molecule has 3 aromatic rings. The van der Waals surface area contributed by atoms with Crippen LogP contribution < -0.4 is 14.8 Å². The van der Waals surface area contributed by atoms with Gasteiger partial charge in [-0.05, 0) is 36.1 Å². The van der Waals surface area contributed by atoms with Crippen molar-refractivity contribution in [3.63, 3.8) is 0 Å². The van der Waals surface area contributed by atoms with Crippen LogP contribution in [-0.2, 0) is 21.4 Å². The quantitative estimate of drug-likeness (QED) is 0.498. The molecular weight excluding hydrogens is 438 g/mol. The van der Waals surface area contributed by atoms with Crippen LogP contribution in [0.15, 0.2) is 64.3 Å². The summed E-state index contributed by atoms with van der Waals surface area (Å²) < 4.78 is 37.3. The van der Waals surface area contributed by atoms with Gasteiger partial charge in [0.15, 0.2) is 11.5 Å². The Morgan fingerprint density at radius 1 is 1.13 bits per heavy atom. The average Bonchev–Trinajstić information content (AvgIpc) is 3.31. The number of nitrogens with zero attached hydrogens (tertiary/aromatic N) is 2. The number of likely N-dealkylation sites (N-methyl/N-ethyl adjacent to an activating group) is 1. The van der Waals surface area contributed by atoms with E-state index in [0.717, 1.165) is 21.2 Å². The van der Waals surface area contributed by atoms with E-state index in [9.17, 15) is 13.2 Å². The molecule has 10 heteroatoms. The van der Waals surface area contributed by atoms with Crippen LogP contribution >= 0.6 is 11.3 Å². The van der Waals surface area contributed by atoms with Crippen LogP contribution in [0.3, 0.4) is 0 Å². The second-order valence-corrected chi connectivity index (χ2v) is 9.68. The van der Waals surface area contributed by atoms with Gasteiger partial charge in [0.1, 0.15) is 4.21 Å². The van der Waals surface area contributed by atoms with E-state index in [1.807, 2.05) is 25.1 Å². The van der Waals surface area contributed by atoms with E-state index >= 15 is 0 Å². The second kappa shape index (κ2) is 10.4. The first-order chi connectivity index (χ1) is 14.9. The lowest BCUT2D eigenvalue weighted by Gasteiger charge is -2.15. The van der Waals surface area contributed by atoms with Crippen LogP contribution in [0.5, 0.6) is 17.4 Å². The van der Waals surface area contributed by atoms with Gasteiger partial charge in [-0.1, -0.05) is 24.3 Å². The number of aromatic nitrogens is 1. The topological polar surface area (TPSA) is 97.8 Å². The summed E-state index contributed by atoms with van der Waals surface area (Å²) in [5.41, 5.74) is 0.752. The van der Waals surface area contributed by atoms with E-state index < -0.39 is 15.9 Å². The molecule has 0 saturated carbocycles. The van der Waals surface area contributed by atoms with Gasteiger partial charge in [-0.25, -0.2) is 13.4 Å². The maximum absolute atomic E-state index is 12.4. The molecule has 0 saturated heterocycles. The summed E-state index contributed by atoms with van der Waals surface area (Å²) in [5, 5.41) is 4.38. The normalized spacial score (nSPS) is 11.3.